The highest BCUT2D eigenvalue weighted by molar-refractivity contribution is 7.87. The molecule has 2 aromatic rings. The number of pyridine rings is 1. The number of hydrogen-bond acceptors (Lipinski definition) is 5. The summed E-state index contributed by atoms with van der Waals surface area (Å²) in [5.41, 5.74) is 1.49. The topological polar surface area (TPSA) is 91.8 Å². The number of aliphatic hydroxyl groups is 1. The number of aliphatic hydroxyl groups excluding tert-OH is 1. The standard InChI is InChI=1S/C16H19N3O4S/c1-11(2)10-23-15-5-6-17-14-7-12(3-4-13(14)15)8-19-9-16(20)18-24(19,21)22/h3-7,9,11,18,20H,8,10H2,1-2H3. The predicted octanol–water partition coefficient (Wildman–Crippen LogP) is 2.28. The van der Waals surface area contributed by atoms with Gasteiger partial charge in [0.25, 0.3) is 0 Å². The monoisotopic (exact) mass is 349 g/mol. The first-order chi connectivity index (χ1) is 11.3. The zero-order valence-electron chi connectivity index (χ0n) is 13.4. The molecule has 0 unspecified atom stereocenters. The lowest BCUT2D eigenvalue weighted by atomic mass is 10.1. The van der Waals surface area contributed by atoms with E-state index in [0.717, 1.165) is 32.7 Å². The minimum Gasteiger partial charge on any atom is -0.493 e. The summed E-state index contributed by atoms with van der Waals surface area (Å²) in [5, 5.41) is 10.2. The van der Waals surface area contributed by atoms with E-state index in [2.05, 4.69) is 18.8 Å². The molecule has 0 atom stereocenters. The van der Waals surface area contributed by atoms with Crippen molar-refractivity contribution in [1.82, 2.24) is 14.0 Å². The lowest BCUT2D eigenvalue weighted by Gasteiger charge is -2.15. The molecule has 128 valence electrons. The van der Waals surface area contributed by atoms with Gasteiger partial charge in [0.1, 0.15) is 5.75 Å². The number of benzene rings is 1. The molecule has 1 aliphatic heterocycles. The maximum atomic E-state index is 11.8. The van der Waals surface area contributed by atoms with Crippen LogP contribution in [0.4, 0.5) is 0 Å². The van der Waals surface area contributed by atoms with Gasteiger partial charge in [-0.05, 0) is 29.7 Å². The van der Waals surface area contributed by atoms with Crippen LogP contribution in [0.5, 0.6) is 5.75 Å². The number of rotatable bonds is 5. The normalized spacial score (nSPS) is 16.3. The van der Waals surface area contributed by atoms with Crippen LogP contribution in [0.2, 0.25) is 0 Å². The van der Waals surface area contributed by atoms with E-state index >= 15 is 0 Å². The van der Waals surface area contributed by atoms with Crippen molar-refractivity contribution in [2.75, 3.05) is 6.61 Å². The van der Waals surface area contributed by atoms with Crippen LogP contribution in [0.25, 0.3) is 10.9 Å². The Morgan fingerprint density at radius 3 is 2.79 bits per heavy atom. The number of nitrogens with one attached hydrogen (secondary N) is 1. The number of nitrogens with zero attached hydrogens (tertiary/aromatic N) is 2. The summed E-state index contributed by atoms with van der Waals surface area (Å²) in [7, 11) is -3.72. The first-order valence-electron chi connectivity index (χ1n) is 7.56. The van der Waals surface area contributed by atoms with E-state index in [1.807, 2.05) is 29.0 Å². The van der Waals surface area contributed by atoms with Gasteiger partial charge in [-0.1, -0.05) is 19.9 Å². The second-order valence-corrected chi connectivity index (χ2v) is 7.66. The van der Waals surface area contributed by atoms with Crippen molar-refractivity contribution in [2.45, 2.75) is 20.4 Å². The number of fused-ring (bicyclic) bond motifs is 1. The predicted molar refractivity (Wildman–Crippen MR) is 90.4 cm³/mol. The van der Waals surface area contributed by atoms with Gasteiger partial charge in [-0.25, -0.2) is 4.72 Å². The van der Waals surface area contributed by atoms with Crippen molar-refractivity contribution >= 4 is 21.1 Å². The zero-order valence-corrected chi connectivity index (χ0v) is 14.2. The van der Waals surface area contributed by atoms with Crippen molar-refractivity contribution in [3.05, 3.63) is 48.1 Å². The van der Waals surface area contributed by atoms with E-state index in [1.165, 1.54) is 0 Å². The van der Waals surface area contributed by atoms with Crippen LogP contribution in [-0.4, -0.2) is 29.4 Å². The minimum absolute atomic E-state index is 0.105. The molecule has 8 heteroatoms. The third kappa shape index (κ3) is 3.38. The molecular formula is C16H19N3O4S. The molecule has 0 amide bonds. The first-order valence-corrected chi connectivity index (χ1v) is 9.00. The Labute approximate surface area is 140 Å². The number of ether oxygens (including phenoxy) is 1. The van der Waals surface area contributed by atoms with E-state index in [9.17, 15) is 13.5 Å². The molecule has 0 aliphatic carbocycles. The van der Waals surface area contributed by atoms with Crippen LogP contribution in [0.15, 0.2) is 42.5 Å². The highest BCUT2D eigenvalue weighted by Crippen LogP contribution is 2.26. The summed E-state index contributed by atoms with van der Waals surface area (Å²) in [4.78, 5) is 4.33. The maximum Gasteiger partial charge on any atom is 0.326 e. The molecule has 0 spiro atoms. The molecule has 0 saturated carbocycles. The number of aromatic nitrogens is 1. The summed E-state index contributed by atoms with van der Waals surface area (Å²) in [6.07, 6.45) is 2.82. The molecule has 0 bridgehead atoms. The van der Waals surface area contributed by atoms with Gasteiger partial charge >= 0.3 is 10.2 Å². The van der Waals surface area contributed by atoms with Gasteiger partial charge in [-0.2, -0.15) is 8.42 Å². The second kappa shape index (κ2) is 6.20. The third-order valence-corrected chi connectivity index (χ3v) is 4.81. The van der Waals surface area contributed by atoms with Crippen molar-refractivity contribution in [1.29, 1.82) is 0 Å². The van der Waals surface area contributed by atoms with Gasteiger partial charge < -0.3 is 9.84 Å². The fourth-order valence-corrected chi connectivity index (χ4v) is 3.37. The molecule has 1 aromatic heterocycles. The van der Waals surface area contributed by atoms with E-state index in [-0.39, 0.29) is 6.54 Å². The average Bonchev–Trinajstić information content (AvgIpc) is 2.76. The van der Waals surface area contributed by atoms with Crippen molar-refractivity contribution < 1.29 is 18.3 Å². The van der Waals surface area contributed by atoms with Gasteiger partial charge in [0.15, 0.2) is 0 Å². The third-order valence-electron chi connectivity index (χ3n) is 3.49. The van der Waals surface area contributed by atoms with Gasteiger partial charge in [-0.15, -0.1) is 0 Å². The molecule has 0 saturated heterocycles. The lowest BCUT2D eigenvalue weighted by Crippen LogP contribution is -2.29. The van der Waals surface area contributed by atoms with Crippen molar-refractivity contribution in [2.24, 2.45) is 5.92 Å². The van der Waals surface area contributed by atoms with Gasteiger partial charge in [0, 0.05) is 11.6 Å². The Balaban J connectivity index is 1.87. The average molecular weight is 349 g/mol. The first kappa shape index (κ1) is 16.4. The molecule has 0 fully saturated rings. The smallest absolute Gasteiger partial charge is 0.326 e. The van der Waals surface area contributed by atoms with Crippen LogP contribution in [0.3, 0.4) is 0 Å². The number of hydrogen-bond donors (Lipinski definition) is 2. The Morgan fingerprint density at radius 2 is 2.12 bits per heavy atom. The summed E-state index contributed by atoms with van der Waals surface area (Å²) in [6, 6.07) is 7.33. The lowest BCUT2D eigenvalue weighted by molar-refractivity contribution is 0.274. The zero-order chi connectivity index (χ0) is 17.3. The van der Waals surface area contributed by atoms with E-state index in [4.69, 9.17) is 4.74 Å². The minimum atomic E-state index is -3.72. The Morgan fingerprint density at radius 1 is 1.33 bits per heavy atom. The van der Waals surface area contributed by atoms with Crippen LogP contribution in [0.1, 0.15) is 19.4 Å². The molecular weight excluding hydrogens is 330 g/mol. The van der Waals surface area contributed by atoms with Gasteiger partial charge in [0.2, 0.25) is 5.88 Å². The SMILES string of the molecule is CC(C)COc1ccnc2cc(CN3C=C(O)NS3(=O)=O)ccc12. The molecule has 7 nitrogen and oxygen atoms in total. The summed E-state index contributed by atoms with van der Waals surface area (Å²) >= 11 is 0. The Hall–Kier alpha value is -2.48. The van der Waals surface area contributed by atoms with E-state index in [0.29, 0.717) is 12.5 Å². The van der Waals surface area contributed by atoms with Gasteiger partial charge in [0.05, 0.1) is 24.9 Å². The highest BCUT2D eigenvalue weighted by atomic mass is 32.2. The summed E-state index contributed by atoms with van der Waals surface area (Å²) < 4.78 is 32.5. The highest BCUT2D eigenvalue weighted by Gasteiger charge is 2.27. The molecule has 24 heavy (non-hydrogen) atoms. The second-order valence-electron chi connectivity index (χ2n) is 6.03. The summed E-state index contributed by atoms with van der Waals surface area (Å²) in [5.74, 6) is 0.784. The molecule has 1 aliphatic rings. The summed E-state index contributed by atoms with van der Waals surface area (Å²) in [6.45, 7) is 4.88. The molecule has 2 N–H and O–H groups in total. The fourth-order valence-electron chi connectivity index (χ4n) is 2.38. The fraction of sp³-hybridized carbons (Fsp3) is 0.312. The maximum absolute atomic E-state index is 11.8. The Kier molecular flexibility index (Phi) is 4.23. The molecule has 0 radical (unpaired) electrons. The van der Waals surface area contributed by atoms with E-state index in [1.54, 1.807) is 6.20 Å². The van der Waals surface area contributed by atoms with Gasteiger partial charge in [-0.3, -0.25) is 9.29 Å². The molecule has 1 aromatic carbocycles. The quantitative estimate of drug-likeness (QED) is 0.864. The Bertz CT molecular complexity index is 893. The largest absolute Gasteiger partial charge is 0.493 e. The molecule has 3 rings (SSSR count). The van der Waals surface area contributed by atoms with Crippen molar-refractivity contribution in [3.63, 3.8) is 0 Å². The van der Waals surface area contributed by atoms with Crippen LogP contribution < -0.4 is 9.46 Å². The van der Waals surface area contributed by atoms with Crippen LogP contribution in [-0.2, 0) is 16.8 Å². The van der Waals surface area contributed by atoms with Crippen LogP contribution >= 0.6 is 0 Å². The van der Waals surface area contributed by atoms with E-state index < -0.39 is 16.1 Å². The van der Waals surface area contributed by atoms with Crippen LogP contribution in [0, 0.1) is 5.92 Å². The van der Waals surface area contributed by atoms with Crippen molar-refractivity contribution in [3.8, 4) is 5.75 Å². The molecule has 2 heterocycles.